The summed E-state index contributed by atoms with van der Waals surface area (Å²) in [5.74, 6) is 0.705. The van der Waals surface area contributed by atoms with Crippen LogP contribution >= 0.6 is 15.9 Å². The maximum absolute atomic E-state index is 11.7. The van der Waals surface area contributed by atoms with Crippen LogP contribution in [-0.4, -0.2) is 24.1 Å². The minimum absolute atomic E-state index is 0.0307. The van der Waals surface area contributed by atoms with Gasteiger partial charge >= 0.3 is 0 Å². The van der Waals surface area contributed by atoms with Crippen molar-refractivity contribution in [3.05, 3.63) is 28.2 Å². The minimum Gasteiger partial charge on any atom is -0.483 e. The molecule has 1 saturated carbocycles. The largest absolute Gasteiger partial charge is 0.483 e. The molecule has 2 N–H and O–H groups in total. The van der Waals surface area contributed by atoms with E-state index in [0.29, 0.717) is 12.6 Å². The van der Waals surface area contributed by atoms with Crippen LogP contribution in [0.5, 0.6) is 5.75 Å². The summed E-state index contributed by atoms with van der Waals surface area (Å²) in [4.78, 5) is 11.7. The summed E-state index contributed by atoms with van der Waals surface area (Å²) in [5, 5.41) is 6.36. The molecular weight excluding hydrogens is 332 g/mol. The lowest BCUT2D eigenvalue weighted by Crippen LogP contribution is -2.35. The summed E-state index contributed by atoms with van der Waals surface area (Å²) < 4.78 is 6.68. The van der Waals surface area contributed by atoms with Crippen LogP contribution in [0.4, 0.5) is 0 Å². The molecule has 21 heavy (non-hydrogen) atoms. The summed E-state index contributed by atoms with van der Waals surface area (Å²) in [5.41, 5.74) is 1.07. The Balaban J connectivity index is 1.94. The highest BCUT2D eigenvalue weighted by molar-refractivity contribution is 9.10. The fourth-order valence-electron chi connectivity index (χ4n) is 1.83. The molecule has 1 aliphatic rings. The number of nitrogens with one attached hydrogen (secondary N) is 2. The summed E-state index contributed by atoms with van der Waals surface area (Å²) in [7, 11) is 0. The molecule has 116 valence electrons. The number of carbonyl (C=O) groups is 1. The average molecular weight is 355 g/mol. The van der Waals surface area contributed by atoms with Gasteiger partial charge in [0.15, 0.2) is 6.61 Å². The van der Waals surface area contributed by atoms with Crippen molar-refractivity contribution in [3.63, 3.8) is 0 Å². The fraction of sp³-hybridized carbons (Fsp3) is 0.562. The van der Waals surface area contributed by atoms with Crippen molar-refractivity contribution in [2.75, 3.05) is 6.61 Å². The van der Waals surface area contributed by atoms with Crippen LogP contribution < -0.4 is 15.4 Å². The molecule has 0 bridgehead atoms. The smallest absolute Gasteiger partial charge is 0.258 e. The molecule has 0 atom stereocenters. The number of hydrogen-bond acceptors (Lipinski definition) is 3. The Morgan fingerprint density at radius 1 is 1.38 bits per heavy atom. The standard InChI is InChI=1S/C16H23BrN2O2/c1-16(2,3)18-9-11-8-12(17)4-7-14(11)21-10-15(20)19-13-5-6-13/h4,7-8,13,18H,5-6,9-10H2,1-3H3,(H,19,20). The minimum atomic E-state index is -0.0462. The van der Waals surface area contributed by atoms with Crippen LogP contribution in [0.15, 0.2) is 22.7 Å². The van der Waals surface area contributed by atoms with Crippen molar-refractivity contribution in [1.29, 1.82) is 0 Å². The molecule has 0 heterocycles. The zero-order valence-electron chi connectivity index (χ0n) is 12.8. The van der Waals surface area contributed by atoms with Crippen molar-refractivity contribution >= 4 is 21.8 Å². The molecule has 1 aromatic rings. The molecule has 0 aromatic heterocycles. The maximum atomic E-state index is 11.7. The number of carbonyl (C=O) groups excluding carboxylic acids is 1. The predicted molar refractivity (Wildman–Crippen MR) is 87.4 cm³/mol. The van der Waals surface area contributed by atoms with Crippen LogP contribution in [0.25, 0.3) is 0 Å². The Kier molecular flexibility index (Phi) is 5.27. The number of halogens is 1. The van der Waals surface area contributed by atoms with E-state index in [1.165, 1.54) is 0 Å². The van der Waals surface area contributed by atoms with Crippen LogP contribution in [-0.2, 0) is 11.3 Å². The molecule has 0 saturated heterocycles. The quantitative estimate of drug-likeness (QED) is 0.825. The first-order valence-corrected chi connectivity index (χ1v) is 8.08. The second-order valence-corrected chi connectivity index (χ2v) is 7.40. The van der Waals surface area contributed by atoms with Gasteiger partial charge in [-0.25, -0.2) is 0 Å². The molecular formula is C16H23BrN2O2. The zero-order chi connectivity index (χ0) is 15.5. The third-order valence-corrected chi connectivity index (χ3v) is 3.63. The van der Waals surface area contributed by atoms with E-state index in [1.807, 2.05) is 18.2 Å². The average Bonchev–Trinajstić information content (AvgIpc) is 3.18. The fourth-order valence-corrected chi connectivity index (χ4v) is 2.24. The first-order valence-electron chi connectivity index (χ1n) is 7.29. The van der Waals surface area contributed by atoms with Crippen molar-refractivity contribution in [1.82, 2.24) is 10.6 Å². The van der Waals surface area contributed by atoms with E-state index >= 15 is 0 Å². The van der Waals surface area contributed by atoms with Gasteiger partial charge in [0.05, 0.1) is 0 Å². The Bertz CT molecular complexity index is 507. The molecule has 1 amide bonds. The summed E-state index contributed by atoms with van der Waals surface area (Å²) >= 11 is 3.48. The van der Waals surface area contributed by atoms with Gasteiger partial charge in [-0.1, -0.05) is 15.9 Å². The van der Waals surface area contributed by atoms with Gasteiger partial charge in [0, 0.05) is 28.2 Å². The lowest BCUT2D eigenvalue weighted by atomic mass is 10.1. The molecule has 4 nitrogen and oxygen atoms in total. The van der Waals surface area contributed by atoms with E-state index in [-0.39, 0.29) is 18.1 Å². The Labute approximate surface area is 134 Å². The highest BCUT2D eigenvalue weighted by Gasteiger charge is 2.23. The van der Waals surface area contributed by atoms with E-state index in [9.17, 15) is 4.79 Å². The SMILES string of the molecule is CC(C)(C)NCc1cc(Br)ccc1OCC(=O)NC1CC1. The van der Waals surface area contributed by atoms with E-state index in [2.05, 4.69) is 47.3 Å². The van der Waals surface area contributed by atoms with Crippen LogP contribution in [0, 0.1) is 0 Å². The van der Waals surface area contributed by atoms with Gasteiger partial charge in [-0.05, 0) is 51.8 Å². The van der Waals surface area contributed by atoms with Gasteiger partial charge in [0.25, 0.3) is 5.91 Å². The second kappa shape index (κ2) is 6.79. The van der Waals surface area contributed by atoms with E-state index in [0.717, 1.165) is 28.6 Å². The van der Waals surface area contributed by atoms with Gasteiger partial charge < -0.3 is 15.4 Å². The second-order valence-electron chi connectivity index (χ2n) is 6.49. The first kappa shape index (κ1) is 16.3. The van der Waals surface area contributed by atoms with Crippen LogP contribution in [0.3, 0.4) is 0 Å². The number of benzene rings is 1. The number of rotatable bonds is 6. The highest BCUT2D eigenvalue weighted by atomic mass is 79.9. The van der Waals surface area contributed by atoms with Crippen LogP contribution in [0.2, 0.25) is 0 Å². The Hall–Kier alpha value is -1.07. The molecule has 1 aliphatic carbocycles. The summed E-state index contributed by atoms with van der Waals surface area (Å²) in [6.45, 7) is 7.13. The van der Waals surface area contributed by atoms with Crippen molar-refractivity contribution in [2.45, 2.75) is 51.7 Å². The highest BCUT2D eigenvalue weighted by Crippen LogP contribution is 2.24. The monoisotopic (exact) mass is 354 g/mol. The Morgan fingerprint density at radius 2 is 2.10 bits per heavy atom. The third kappa shape index (κ3) is 6.06. The molecule has 2 rings (SSSR count). The number of amides is 1. The number of ether oxygens (including phenoxy) is 1. The van der Waals surface area contributed by atoms with Gasteiger partial charge in [-0.15, -0.1) is 0 Å². The maximum Gasteiger partial charge on any atom is 0.258 e. The van der Waals surface area contributed by atoms with Gasteiger partial charge in [-0.3, -0.25) is 4.79 Å². The molecule has 0 unspecified atom stereocenters. The Morgan fingerprint density at radius 3 is 2.71 bits per heavy atom. The summed E-state index contributed by atoms with van der Waals surface area (Å²) in [6.07, 6.45) is 2.18. The zero-order valence-corrected chi connectivity index (χ0v) is 14.4. The van der Waals surface area contributed by atoms with E-state index < -0.39 is 0 Å². The van der Waals surface area contributed by atoms with Crippen LogP contribution in [0.1, 0.15) is 39.2 Å². The van der Waals surface area contributed by atoms with E-state index in [4.69, 9.17) is 4.74 Å². The van der Waals surface area contributed by atoms with Gasteiger partial charge in [0.1, 0.15) is 5.75 Å². The molecule has 0 aliphatic heterocycles. The third-order valence-electron chi connectivity index (χ3n) is 3.13. The van der Waals surface area contributed by atoms with Crippen molar-refractivity contribution < 1.29 is 9.53 Å². The lowest BCUT2D eigenvalue weighted by molar-refractivity contribution is -0.123. The molecule has 0 spiro atoms. The lowest BCUT2D eigenvalue weighted by Gasteiger charge is -2.21. The predicted octanol–water partition coefficient (Wildman–Crippen LogP) is 2.99. The van der Waals surface area contributed by atoms with Gasteiger partial charge in [-0.2, -0.15) is 0 Å². The van der Waals surface area contributed by atoms with Crippen molar-refractivity contribution in [2.24, 2.45) is 0 Å². The molecule has 1 fully saturated rings. The van der Waals surface area contributed by atoms with E-state index in [1.54, 1.807) is 0 Å². The van der Waals surface area contributed by atoms with Gasteiger partial charge in [0.2, 0.25) is 0 Å². The number of hydrogen-bond donors (Lipinski definition) is 2. The topological polar surface area (TPSA) is 50.4 Å². The summed E-state index contributed by atoms with van der Waals surface area (Å²) in [6, 6.07) is 6.21. The van der Waals surface area contributed by atoms with Crippen molar-refractivity contribution in [3.8, 4) is 5.75 Å². The molecule has 0 radical (unpaired) electrons. The molecule has 5 heteroatoms. The first-order chi connectivity index (χ1) is 9.83. The normalized spacial score (nSPS) is 14.9. The molecule has 1 aromatic carbocycles.